The van der Waals surface area contributed by atoms with Gasteiger partial charge in [-0.1, -0.05) is 40.2 Å². The zero-order valence-electron chi connectivity index (χ0n) is 18.5. The molecule has 1 atom stereocenters. The summed E-state index contributed by atoms with van der Waals surface area (Å²) in [7, 11) is 0. The van der Waals surface area contributed by atoms with E-state index in [0.29, 0.717) is 11.7 Å². The molecule has 0 radical (unpaired) electrons. The maximum atomic E-state index is 13.2. The molecule has 2 aliphatic carbocycles. The first-order valence-electron chi connectivity index (χ1n) is 11.6. The van der Waals surface area contributed by atoms with Crippen LogP contribution in [0.3, 0.4) is 0 Å². The molecule has 164 valence electrons. The van der Waals surface area contributed by atoms with E-state index in [2.05, 4.69) is 34.2 Å². The van der Waals surface area contributed by atoms with Crippen molar-refractivity contribution in [1.82, 2.24) is 0 Å². The number of halogens is 1. The number of ketones is 1. The summed E-state index contributed by atoms with van der Waals surface area (Å²) in [5.41, 5.74) is 5.48. The highest BCUT2D eigenvalue weighted by molar-refractivity contribution is 9.10. The van der Waals surface area contributed by atoms with Gasteiger partial charge in [0.1, 0.15) is 0 Å². The van der Waals surface area contributed by atoms with E-state index in [4.69, 9.17) is 0 Å². The molecule has 1 saturated carbocycles. The van der Waals surface area contributed by atoms with Crippen LogP contribution < -0.4 is 5.32 Å². The molecule has 2 aromatic carbocycles. The molecule has 3 nitrogen and oxygen atoms in total. The Morgan fingerprint density at radius 2 is 1.81 bits per heavy atom. The molecule has 31 heavy (non-hydrogen) atoms. The van der Waals surface area contributed by atoms with E-state index in [0.717, 1.165) is 72.7 Å². The van der Waals surface area contributed by atoms with Gasteiger partial charge < -0.3 is 5.32 Å². The van der Waals surface area contributed by atoms with Crippen LogP contribution in [0.4, 0.5) is 5.69 Å². The maximum absolute atomic E-state index is 13.2. The van der Waals surface area contributed by atoms with Crippen molar-refractivity contribution < 1.29 is 9.59 Å². The number of carbonyl (C=O) groups is 2. The lowest BCUT2D eigenvalue weighted by atomic mass is 9.76. The molecule has 1 N–H and O–H groups in total. The fourth-order valence-corrected chi connectivity index (χ4v) is 5.72. The van der Waals surface area contributed by atoms with Crippen LogP contribution in [-0.4, -0.2) is 11.7 Å². The van der Waals surface area contributed by atoms with Gasteiger partial charge >= 0.3 is 0 Å². The molecular weight excluding hydrogens is 450 g/mol. The van der Waals surface area contributed by atoms with Crippen LogP contribution in [0.2, 0.25) is 0 Å². The third kappa shape index (κ3) is 5.11. The van der Waals surface area contributed by atoms with E-state index < -0.39 is 0 Å². The van der Waals surface area contributed by atoms with Crippen LogP contribution >= 0.6 is 15.9 Å². The minimum absolute atomic E-state index is 0.0736. The second kappa shape index (κ2) is 9.68. The number of Topliss-reactive ketones (excluding diaryl/α,β-unsaturated/α-hetero) is 1. The second-order valence-electron chi connectivity index (χ2n) is 9.46. The first kappa shape index (κ1) is 22.3. The molecule has 0 bridgehead atoms. The minimum Gasteiger partial charge on any atom is -0.326 e. The molecule has 0 heterocycles. The Morgan fingerprint density at radius 1 is 1.03 bits per heavy atom. The smallest absolute Gasteiger partial charge is 0.227 e. The number of amides is 1. The summed E-state index contributed by atoms with van der Waals surface area (Å²) >= 11 is 3.53. The number of hydrogen-bond donors (Lipinski definition) is 1. The Morgan fingerprint density at radius 3 is 2.55 bits per heavy atom. The summed E-state index contributed by atoms with van der Waals surface area (Å²) < 4.78 is 1.01. The van der Waals surface area contributed by atoms with Gasteiger partial charge in [-0.2, -0.15) is 0 Å². The molecule has 0 aliphatic heterocycles. The van der Waals surface area contributed by atoms with Crippen LogP contribution in [0.25, 0.3) is 0 Å². The highest BCUT2D eigenvalue weighted by atomic mass is 79.9. The van der Waals surface area contributed by atoms with Gasteiger partial charge in [-0.25, -0.2) is 0 Å². The highest BCUT2D eigenvalue weighted by Crippen LogP contribution is 2.37. The Hall–Kier alpha value is -1.94. The average molecular weight is 482 g/mol. The molecule has 4 heteroatoms. The summed E-state index contributed by atoms with van der Waals surface area (Å²) in [6.07, 6.45) is 8.01. The van der Waals surface area contributed by atoms with Crippen molar-refractivity contribution in [1.29, 1.82) is 0 Å². The number of rotatable bonds is 4. The van der Waals surface area contributed by atoms with Gasteiger partial charge in [-0.05, 0) is 100.0 Å². The van der Waals surface area contributed by atoms with Gasteiger partial charge in [0.25, 0.3) is 0 Å². The van der Waals surface area contributed by atoms with Crippen molar-refractivity contribution in [3.63, 3.8) is 0 Å². The van der Waals surface area contributed by atoms with Crippen molar-refractivity contribution in [2.45, 2.75) is 65.2 Å². The Labute approximate surface area is 194 Å². The molecule has 0 aromatic heterocycles. The van der Waals surface area contributed by atoms with Crippen LogP contribution in [0.5, 0.6) is 0 Å². The van der Waals surface area contributed by atoms with Crippen molar-refractivity contribution >= 4 is 33.3 Å². The van der Waals surface area contributed by atoms with Gasteiger partial charge in [-0.3, -0.25) is 9.59 Å². The molecular formula is C27H32BrNO2. The van der Waals surface area contributed by atoms with Crippen LogP contribution in [-0.2, 0) is 11.2 Å². The Bertz CT molecular complexity index is 975. The number of anilines is 1. The zero-order chi connectivity index (χ0) is 22.0. The standard InChI is InChI=1S/C27H32BrNO2/c1-17-5-3-8-24-23(17)7-4-6-21(26(24)30)15-19-10-12-20(13-11-19)27(31)29-22-14-9-18(2)25(28)16-22/h3,5,8-9,14,16,19-21H,4,6-7,10-13,15H2,1-2H3,(H,29,31). The molecule has 0 saturated heterocycles. The van der Waals surface area contributed by atoms with E-state index in [-0.39, 0.29) is 17.7 Å². The van der Waals surface area contributed by atoms with E-state index in [1.807, 2.05) is 37.3 Å². The van der Waals surface area contributed by atoms with Crippen molar-refractivity contribution in [2.75, 3.05) is 5.32 Å². The lowest BCUT2D eigenvalue weighted by molar-refractivity contribution is -0.121. The summed E-state index contributed by atoms with van der Waals surface area (Å²) in [6, 6.07) is 12.1. The summed E-state index contributed by atoms with van der Waals surface area (Å²) in [5, 5.41) is 3.08. The number of hydrogen-bond acceptors (Lipinski definition) is 2. The fourth-order valence-electron chi connectivity index (χ4n) is 5.34. The van der Waals surface area contributed by atoms with Crippen molar-refractivity contribution in [3.05, 3.63) is 63.1 Å². The highest BCUT2D eigenvalue weighted by Gasteiger charge is 2.32. The van der Waals surface area contributed by atoms with E-state index in [9.17, 15) is 9.59 Å². The Kier molecular flexibility index (Phi) is 6.95. The van der Waals surface area contributed by atoms with Gasteiger partial charge in [-0.15, -0.1) is 0 Å². The number of fused-ring (bicyclic) bond motifs is 1. The van der Waals surface area contributed by atoms with Crippen LogP contribution in [0.1, 0.15) is 72.0 Å². The van der Waals surface area contributed by atoms with E-state index >= 15 is 0 Å². The van der Waals surface area contributed by atoms with E-state index in [1.54, 1.807) is 0 Å². The van der Waals surface area contributed by atoms with Gasteiger partial charge in [0.15, 0.2) is 5.78 Å². The second-order valence-corrected chi connectivity index (χ2v) is 10.3. The predicted molar refractivity (Wildman–Crippen MR) is 130 cm³/mol. The molecule has 2 aromatic rings. The van der Waals surface area contributed by atoms with Gasteiger partial charge in [0, 0.05) is 27.6 Å². The third-order valence-corrected chi connectivity index (χ3v) is 8.15. The summed E-state index contributed by atoms with van der Waals surface area (Å²) in [6.45, 7) is 4.16. The normalized spacial score (nSPS) is 23.7. The number of benzene rings is 2. The predicted octanol–water partition coefficient (Wildman–Crippen LogP) is 7.04. The zero-order valence-corrected chi connectivity index (χ0v) is 20.1. The quantitative estimate of drug-likeness (QED) is 0.476. The third-order valence-electron chi connectivity index (χ3n) is 7.30. The fraction of sp³-hybridized carbons (Fsp3) is 0.481. The monoisotopic (exact) mass is 481 g/mol. The molecule has 1 unspecified atom stereocenters. The van der Waals surface area contributed by atoms with Gasteiger partial charge in [0.05, 0.1) is 0 Å². The maximum Gasteiger partial charge on any atom is 0.227 e. The average Bonchev–Trinajstić information content (AvgIpc) is 2.91. The van der Waals surface area contributed by atoms with E-state index in [1.165, 1.54) is 11.1 Å². The topological polar surface area (TPSA) is 46.2 Å². The largest absolute Gasteiger partial charge is 0.326 e. The summed E-state index contributed by atoms with van der Waals surface area (Å²) in [5.74, 6) is 1.25. The van der Waals surface area contributed by atoms with Crippen molar-refractivity contribution in [3.8, 4) is 0 Å². The molecule has 1 fully saturated rings. The number of carbonyl (C=O) groups excluding carboxylic acids is 2. The molecule has 1 amide bonds. The SMILES string of the molecule is Cc1ccc(NC(=O)C2CCC(CC3CCCc4c(C)cccc4C3=O)CC2)cc1Br. The molecule has 0 spiro atoms. The Balaban J connectivity index is 1.32. The molecule has 4 rings (SSSR count). The van der Waals surface area contributed by atoms with Crippen molar-refractivity contribution in [2.24, 2.45) is 17.8 Å². The lowest BCUT2D eigenvalue weighted by Gasteiger charge is -2.30. The van der Waals surface area contributed by atoms with Crippen LogP contribution in [0, 0.1) is 31.6 Å². The number of nitrogens with one attached hydrogen (secondary N) is 1. The summed E-state index contributed by atoms with van der Waals surface area (Å²) in [4.78, 5) is 26.0. The molecule has 2 aliphatic rings. The lowest BCUT2D eigenvalue weighted by Crippen LogP contribution is -2.28. The minimum atomic E-state index is 0.0736. The first-order chi connectivity index (χ1) is 14.9. The van der Waals surface area contributed by atoms with Crippen LogP contribution in [0.15, 0.2) is 40.9 Å². The first-order valence-corrected chi connectivity index (χ1v) is 12.4. The van der Waals surface area contributed by atoms with Gasteiger partial charge in [0.2, 0.25) is 5.91 Å². The number of aryl methyl sites for hydroxylation is 2.